The van der Waals surface area contributed by atoms with Gasteiger partial charge in [0.05, 0.1) is 151 Å². The van der Waals surface area contributed by atoms with E-state index in [1.807, 2.05) is 0 Å². The van der Waals surface area contributed by atoms with Crippen LogP contribution in [0.3, 0.4) is 0 Å². The summed E-state index contributed by atoms with van der Waals surface area (Å²) in [6.45, 7) is 7.65. The van der Waals surface area contributed by atoms with Crippen molar-refractivity contribution in [3.63, 3.8) is 0 Å². The second-order valence-electron chi connectivity index (χ2n) is 10.0. The van der Waals surface area contributed by atoms with Crippen LogP contribution in [-0.4, -0.2) is 170 Å². The molecule has 1 aromatic heterocycles. The number of ether oxygens (including phenoxy) is 10. The van der Waals surface area contributed by atoms with Gasteiger partial charge in [-0.3, -0.25) is 9.59 Å². The van der Waals surface area contributed by atoms with E-state index >= 15 is 0 Å². The van der Waals surface area contributed by atoms with Gasteiger partial charge in [0.1, 0.15) is 12.4 Å². The number of hydrogen-bond donors (Lipinski definition) is 0. The molecule has 0 unspecified atom stereocenters. The third-order valence-electron chi connectivity index (χ3n) is 6.15. The fraction of sp³-hybridized carbons (Fsp3) is 0.833. The van der Waals surface area contributed by atoms with Gasteiger partial charge in [0.25, 0.3) is 11.8 Å². The first-order chi connectivity index (χ1) is 24.1. The second-order valence-corrected chi connectivity index (χ2v) is 10.0. The summed E-state index contributed by atoms with van der Waals surface area (Å²) in [7, 11) is 0. The van der Waals surface area contributed by atoms with E-state index in [0.717, 1.165) is 0 Å². The van der Waals surface area contributed by atoms with E-state index in [2.05, 4.69) is 10.3 Å². The Hall–Kier alpha value is -2.72. The molecule has 282 valence electrons. The fourth-order valence-electron chi connectivity index (χ4n) is 3.73. The van der Waals surface area contributed by atoms with Gasteiger partial charge in [-0.1, -0.05) is 5.21 Å². The number of hydroxylamine groups is 2. The van der Waals surface area contributed by atoms with Gasteiger partial charge in [0, 0.05) is 12.8 Å². The zero-order valence-corrected chi connectivity index (χ0v) is 28.1. The Labute approximate surface area is 285 Å². The Morgan fingerprint density at radius 3 is 1.47 bits per heavy atom. The molecule has 1 saturated heterocycles. The Kier molecular flexibility index (Phi) is 26.1. The summed E-state index contributed by atoms with van der Waals surface area (Å²) < 4.78 is 67.3. The molecule has 1 aliphatic rings. The molecule has 2 heterocycles. The molecule has 0 bridgehead atoms. The lowest BCUT2D eigenvalue weighted by molar-refractivity contribution is -0.198. The minimum Gasteiger partial charge on any atom is -0.378 e. The molecule has 0 atom stereocenters. The molecule has 49 heavy (non-hydrogen) atoms. The summed E-state index contributed by atoms with van der Waals surface area (Å²) in [5.41, 5.74) is 0.711. The Balaban J connectivity index is 1.26. The predicted octanol–water partition coefficient (Wildman–Crippen LogP) is -0.0891. The molecule has 0 aliphatic carbocycles. The van der Waals surface area contributed by atoms with Crippen molar-refractivity contribution < 1.29 is 71.0 Å². The molecule has 1 aromatic rings. The zero-order valence-electron chi connectivity index (χ0n) is 28.1. The molecular formula is C30H51FN4O14. The van der Waals surface area contributed by atoms with E-state index in [4.69, 9.17) is 52.2 Å². The van der Waals surface area contributed by atoms with Crippen molar-refractivity contribution in [2.45, 2.75) is 32.4 Å². The number of rotatable bonds is 35. The maximum atomic E-state index is 11.8. The van der Waals surface area contributed by atoms with Crippen molar-refractivity contribution in [1.29, 1.82) is 0 Å². The quantitative estimate of drug-likeness (QED) is 0.0672. The Morgan fingerprint density at radius 1 is 0.592 bits per heavy atom. The van der Waals surface area contributed by atoms with Crippen LogP contribution in [0, 0.1) is 0 Å². The lowest BCUT2D eigenvalue weighted by atomic mass is 10.4. The average molecular weight is 710 g/mol. The lowest BCUT2D eigenvalue weighted by Crippen LogP contribution is -2.32. The van der Waals surface area contributed by atoms with Gasteiger partial charge >= 0.3 is 5.97 Å². The highest BCUT2D eigenvalue weighted by Crippen LogP contribution is 2.12. The molecule has 2 rings (SSSR count). The van der Waals surface area contributed by atoms with E-state index in [-0.39, 0.29) is 39.1 Å². The van der Waals surface area contributed by atoms with Crippen LogP contribution in [0.15, 0.2) is 6.20 Å². The van der Waals surface area contributed by atoms with Crippen LogP contribution in [0.5, 0.6) is 0 Å². The number of nitrogens with zero attached hydrogens (tertiary/aromatic N) is 4. The predicted molar refractivity (Wildman–Crippen MR) is 165 cm³/mol. The van der Waals surface area contributed by atoms with Crippen LogP contribution in [0.2, 0.25) is 0 Å². The third-order valence-corrected chi connectivity index (χ3v) is 6.15. The Bertz CT molecular complexity index is 976. The standard InChI is InChI=1S/C30H51FN4O14/c31-4-7-40-10-13-43-16-18-45-19-20-46-21-22-47-23-24-48-26-27-25-34(33-32-27)5-8-41-11-14-44-17-15-42-12-9-39-6-3-30(38)49-35-28(36)1-2-29(35)37/h25H,1-24,26H2/i31-1. The maximum Gasteiger partial charge on any atom is 0.335 e. The third kappa shape index (κ3) is 23.3. The van der Waals surface area contributed by atoms with Crippen molar-refractivity contribution in [2.24, 2.45) is 0 Å². The number of carbonyl (C=O) groups is 3. The van der Waals surface area contributed by atoms with Gasteiger partial charge in [-0.05, 0) is 0 Å². The molecular weight excluding hydrogens is 658 g/mol. The summed E-state index contributed by atoms with van der Waals surface area (Å²) in [5, 5.41) is 8.66. The first kappa shape index (κ1) is 42.4. The van der Waals surface area contributed by atoms with Crippen LogP contribution in [0.25, 0.3) is 0 Å². The van der Waals surface area contributed by atoms with Gasteiger partial charge in [0.2, 0.25) is 0 Å². The first-order valence-corrected chi connectivity index (χ1v) is 16.4. The number of amides is 2. The van der Waals surface area contributed by atoms with Crippen LogP contribution in [0.4, 0.5) is 4.39 Å². The van der Waals surface area contributed by atoms with Gasteiger partial charge in [0.15, 0.2) is 0 Å². The van der Waals surface area contributed by atoms with E-state index in [9.17, 15) is 18.8 Å². The molecule has 0 radical (unpaired) electrons. The van der Waals surface area contributed by atoms with E-state index in [1.54, 1.807) is 10.9 Å². The number of carbonyl (C=O) groups excluding carboxylic acids is 3. The number of aromatic nitrogens is 3. The number of imide groups is 1. The van der Waals surface area contributed by atoms with Crippen molar-refractivity contribution >= 4 is 17.8 Å². The van der Waals surface area contributed by atoms with Crippen molar-refractivity contribution in [1.82, 2.24) is 20.1 Å². The normalized spacial score (nSPS) is 13.2. The summed E-state index contributed by atoms with van der Waals surface area (Å²) in [4.78, 5) is 39.2. The van der Waals surface area contributed by atoms with Crippen molar-refractivity contribution in [3.05, 3.63) is 11.9 Å². The van der Waals surface area contributed by atoms with E-state index in [1.165, 1.54) is 0 Å². The Morgan fingerprint density at radius 2 is 1.00 bits per heavy atom. The molecule has 1 fully saturated rings. The summed E-state index contributed by atoms with van der Waals surface area (Å²) >= 11 is 0. The van der Waals surface area contributed by atoms with E-state index in [0.29, 0.717) is 130 Å². The van der Waals surface area contributed by atoms with Gasteiger partial charge in [-0.15, -0.1) is 10.2 Å². The molecule has 1 aliphatic heterocycles. The fourth-order valence-corrected chi connectivity index (χ4v) is 3.73. The molecule has 0 N–H and O–H groups in total. The maximum absolute atomic E-state index is 11.8. The lowest BCUT2D eigenvalue weighted by Gasteiger charge is -2.12. The SMILES string of the molecule is O=C(CCOCCOCCOCCOCCn1cc(COCCOCCOCCOCCOCCOCC[18F])nn1)ON1C(=O)CCC1=O. The highest BCUT2D eigenvalue weighted by molar-refractivity contribution is 6.01. The van der Waals surface area contributed by atoms with Crippen LogP contribution in [-0.2, 0) is 79.7 Å². The number of hydrogen-bond acceptors (Lipinski definition) is 16. The molecule has 18 nitrogen and oxygen atoms in total. The number of alkyl halides is 1. The van der Waals surface area contributed by atoms with Crippen molar-refractivity contribution in [2.75, 3.05) is 132 Å². The summed E-state index contributed by atoms with van der Waals surface area (Å²) in [5.74, 6) is -1.74. The number of halogens is 1. The highest BCUT2D eigenvalue weighted by Gasteiger charge is 2.32. The summed E-state index contributed by atoms with van der Waals surface area (Å²) in [6.07, 6.45) is 1.83. The topological polar surface area (TPSA) is 187 Å². The zero-order chi connectivity index (χ0) is 35.0. The minimum atomic E-state index is -0.705. The summed E-state index contributed by atoms with van der Waals surface area (Å²) in [6, 6.07) is 0. The molecule has 0 aromatic carbocycles. The second kappa shape index (κ2) is 30.1. The molecule has 19 heteroatoms. The van der Waals surface area contributed by atoms with Crippen LogP contribution >= 0.6 is 0 Å². The monoisotopic (exact) mass is 709 g/mol. The van der Waals surface area contributed by atoms with Crippen LogP contribution in [0.1, 0.15) is 25.0 Å². The van der Waals surface area contributed by atoms with Gasteiger partial charge < -0.3 is 52.2 Å². The smallest absolute Gasteiger partial charge is 0.335 e. The molecule has 0 spiro atoms. The minimum absolute atomic E-state index is 0.0540. The molecule has 2 amide bonds. The van der Waals surface area contributed by atoms with E-state index < -0.39 is 24.5 Å². The average Bonchev–Trinajstić information content (AvgIpc) is 3.69. The van der Waals surface area contributed by atoms with Gasteiger partial charge in [-0.2, -0.15) is 0 Å². The highest BCUT2D eigenvalue weighted by atomic mass is 18.2. The van der Waals surface area contributed by atoms with Crippen LogP contribution < -0.4 is 0 Å². The largest absolute Gasteiger partial charge is 0.378 e. The van der Waals surface area contributed by atoms with Crippen molar-refractivity contribution in [3.8, 4) is 0 Å². The van der Waals surface area contributed by atoms with Gasteiger partial charge in [-0.25, -0.2) is 13.9 Å². The molecule has 0 saturated carbocycles. The first-order valence-electron chi connectivity index (χ1n) is 16.4.